The fourth-order valence-electron chi connectivity index (χ4n) is 0. The van der Waals surface area contributed by atoms with Gasteiger partial charge in [0.15, 0.2) is 0 Å². The Kier molecular flexibility index (Phi) is 9.77. The molecule has 0 aliphatic rings. The van der Waals surface area contributed by atoms with Crippen LogP contribution in [0.4, 0.5) is 0 Å². The van der Waals surface area contributed by atoms with Crippen molar-refractivity contribution in [2.75, 3.05) is 0 Å². The molecule has 0 aliphatic heterocycles. The van der Waals surface area contributed by atoms with Crippen LogP contribution in [0.15, 0.2) is 0 Å². The molecule has 0 radical (unpaired) electrons. The molecular weight excluding hydrogens is 447 g/mol. The molecule has 0 aromatic rings. The van der Waals surface area contributed by atoms with Gasteiger partial charge in [0, 0.05) is 0 Å². The Morgan fingerprint density at radius 1 is 0.833 bits per heavy atom. The van der Waals surface area contributed by atoms with Crippen molar-refractivity contribution < 1.29 is 8.21 Å². The van der Waals surface area contributed by atoms with Gasteiger partial charge in [0.1, 0.15) is 0 Å². The average Bonchev–Trinajstić information content (AvgIpc) is 0.722. The molecule has 6 heavy (non-hydrogen) atoms. The molecule has 0 bridgehead atoms. The van der Waals surface area contributed by atoms with E-state index >= 15 is 0 Å². The van der Waals surface area contributed by atoms with Crippen molar-refractivity contribution in [3.63, 3.8) is 0 Å². The first-order chi connectivity index (χ1) is 2.00. The molecule has 0 nitrogen and oxygen atoms in total. The van der Waals surface area contributed by atoms with E-state index in [1.807, 2.05) is 0 Å². The predicted molar refractivity (Wildman–Crippen MR) is 46.0 cm³/mol. The van der Waals surface area contributed by atoms with Crippen molar-refractivity contribution in [2.45, 2.75) is 0 Å². The Balaban J connectivity index is 0. The van der Waals surface area contributed by atoms with Crippen molar-refractivity contribution >= 4 is 69.6 Å². The Morgan fingerprint density at radius 2 is 0.833 bits per heavy atom. The summed E-state index contributed by atoms with van der Waals surface area (Å²) in [5, 5.41) is 0. The normalized spacial score (nSPS) is 10.0. The number of rotatable bonds is 0. The van der Waals surface area contributed by atoms with E-state index in [4.69, 9.17) is 0 Å². The molecule has 40 valence electrons. The molecule has 0 heterocycles. The van der Waals surface area contributed by atoms with Gasteiger partial charge < -0.3 is 0 Å². The van der Waals surface area contributed by atoms with Crippen LogP contribution in [0.1, 0.15) is 0 Å². The van der Waals surface area contributed by atoms with Crippen molar-refractivity contribution in [3.05, 3.63) is 0 Å². The average molecular weight is 448 g/mol. The number of hydrogen-bond acceptors (Lipinski definition) is 0. The minimum absolute atomic E-state index is 0. The third kappa shape index (κ3) is 27.4. The van der Waals surface area contributed by atoms with E-state index in [0.29, 0.717) is 0 Å². The predicted octanol–water partition coefficient (Wildman–Crippen LogP) is 3.96. The van der Waals surface area contributed by atoms with Crippen molar-refractivity contribution in [1.82, 2.24) is 0 Å². The molecule has 0 spiro atoms. The zero-order valence-electron chi connectivity index (χ0n) is 2.42. The summed E-state index contributed by atoms with van der Waals surface area (Å²) in [4.78, 5) is 0. The van der Waals surface area contributed by atoms with Crippen LogP contribution in [0.2, 0.25) is 0 Å². The topological polar surface area (TPSA) is 0 Å². The molecule has 0 aromatic carbocycles. The molecule has 0 fully saturated rings. The number of halogens is 5. The van der Waals surface area contributed by atoms with E-state index in [9.17, 15) is 0 Å². The molecule has 0 unspecified atom stereocenters. The maximum atomic E-state index is 3.31. The van der Waals surface area contributed by atoms with Gasteiger partial charge in [-0.15, -0.1) is 17.0 Å². The zero-order valence-corrected chi connectivity index (χ0v) is 12.0. The number of hydrogen-bond donors (Lipinski definition) is 0. The third-order valence-corrected chi connectivity index (χ3v) is 0. The van der Waals surface area contributed by atoms with Crippen LogP contribution in [-0.4, -0.2) is 0 Å². The Bertz CT molecular complexity index is 19.4. The van der Waals surface area contributed by atoms with Crippen LogP contribution >= 0.6 is 69.6 Å². The zero-order chi connectivity index (χ0) is 4.50. The quantitative estimate of drug-likeness (QED) is 0.493. The second-order valence-corrected chi connectivity index (χ2v) is 47.7. The SMILES string of the molecule is Br.[Br][Ti]([Br])([Br])[Br]. The van der Waals surface area contributed by atoms with Crippen LogP contribution in [0.5, 0.6) is 0 Å². The van der Waals surface area contributed by atoms with Gasteiger partial charge >= 0.3 is 60.9 Å². The van der Waals surface area contributed by atoms with Gasteiger partial charge in [0.2, 0.25) is 0 Å². The van der Waals surface area contributed by atoms with E-state index in [-0.39, 0.29) is 17.0 Å². The second kappa shape index (κ2) is 4.94. The van der Waals surface area contributed by atoms with Gasteiger partial charge in [0.05, 0.1) is 0 Å². The van der Waals surface area contributed by atoms with Crippen LogP contribution in [-0.2, 0) is 8.21 Å². The van der Waals surface area contributed by atoms with Crippen LogP contribution in [0, 0.1) is 0 Å². The molecular formula is HBr5Ti. The van der Waals surface area contributed by atoms with Crippen molar-refractivity contribution in [1.29, 1.82) is 0 Å². The van der Waals surface area contributed by atoms with Crippen LogP contribution < -0.4 is 0 Å². The van der Waals surface area contributed by atoms with E-state index < -0.39 is 8.21 Å². The Morgan fingerprint density at radius 3 is 0.833 bits per heavy atom. The summed E-state index contributed by atoms with van der Waals surface area (Å²) in [6.07, 6.45) is 0. The fourth-order valence-corrected chi connectivity index (χ4v) is 0. The summed E-state index contributed by atoms with van der Waals surface area (Å²) in [5.41, 5.74) is 0. The summed E-state index contributed by atoms with van der Waals surface area (Å²) < 4.78 is 0. The summed E-state index contributed by atoms with van der Waals surface area (Å²) in [6, 6.07) is 0. The van der Waals surface area contributed by atoms with Gasteiger partial charge in [0.25, 0.3) is 0 Å². The Labute approximate surface area is 76.2 Å². The van der Waals surface area contributed by atoms with E-state index in [1.165, 1.54) is 0 Å². The summed E-state index contributed by atoms with van der Waals surface area (Å²) >= 11 is 13.2. The maximum absolute atomic E-state index is 3.31. The van der Waals surface area contributed by atoms with Gasteiger partial charge in [-0.1, -0.05) is 0 Å². The fraction of sp³-hybridized carbons (Fsp3) is 0. The van der Waals surface area contributed by atoms with Crippen LogP contribution in [0.25, 0.3) is 0 Å². The molecule has 0 atom stereocenters. The van der Waals surface area contributed by atoms with E-state index in [2.05, 4.69) is 52.6 Å². The van der Waals surface area contributed by atoms with E-state index in [0.717, 1.165) is 0 Å². The first-order valence-electron chi connectivity index (χ1n) is 0.756. The molecule has 0 aliphatic carbocycles. The van der Waals surface area contributed by atoms with Crippen LogP contribution in [0.3, 0.4) is 0 Å². The van der Waals surface area contributed by atoms with E-state index in [1.54, 1.807) is 0 Å². The second-order valence-electron chi connectivity index (χ2n) is 0.429. The van der Waals surface area contributed by atoms with Gasteiger partial charge in [-0.05, 0) is 0 Å². The van der Waals surface area contributed by atoms with Gasteiger partial charge in [-0.2, -0.15) is 0 Å². The minimum atomic E-state index is -1.75. The first-order valence-corrected chi connectivity index (χ1v) is 16.2. The monoisotopic (exact) mass is 444 g/mol. The first kappa shape index (κ1) is 11.9. The third-order valence-electron chi connectivity index (χ3n) is 0. The molecule has 0 saturated carbocycles. The summed E-state index contributed by atoms with van der Waals surface area (Å²) in [5.74, 6) is 0. The summed E-state index contributed by atoms with van der Waals surface area (Å²) in [7, 11) is -1.75. The van der Waals surface area contributed by atoms with Crippen molar-refractivity contribution in [3.8, 4) is 0 Å². The summed E-state index contributed by atoms with van der Waals surface area (Å²) in [6.45, 7) is 0. The van der Waals surface area contributed by atoms with Crippen molar-refractivity contribution in [2.24, 2.45) is 0 Å². The standard InChI is InChI=1S/5BrH.Ti/h5*1H;/q;;;;;+4/p-4. The molecule has 0 N–H and O–H groups in total. The Hall–Kier alpha value is 3.11. The molecule has 0 rings (SSSR count). The molecule has 0 aromatic heterocycles. The van der Waals surface area contributed by atoms with Gasteiger partial charge in [-0.3, -0.25) is 0 Å². The molecule has 0 amide bonds. The molecule has 0 saturated heterocycles. The molecule has 6 heteroatoms. The van der Waals surface area contributed by atoms with Gasteiger partial charge in [-0.25, -0.2) is 0 Å².